The molecule has 0 aliphatic carbocycles. The fourth-order valence-electron chi connectivity index (χ4n) is 2.37. The van der Waals surface area contributed by atoms with Crippen LogP contribution >= 0.6 is 22.9 Å². The Kier molecular flexibility index (Phi) is 5.40. The second kappa shape index (κ2) is 7.72. The van der Waals surface area contributed by atoms with Gasteiger partial charge in [-0.3, -0.25) is 9.78 Å². The van der Waals surface area contributed by atoms with E-state index in [1.807, 2.05) is 19.1 Å². The largest absolute Gasteiger partial charge is 0.352 e. The Bertz CT molecular complexity index is 878. The van der Waals surface area contributed by atoms with Gasteiger partial charge in [-0.05, 0) is 31.2 Å². The van der Waals surface area contributed by atoms with Crippen molar-refractivity contribution in [2.75, 3.05) is 6.54 Å². The molecule has 0 fully saturated rings. The molecule has 2 aromatic heterocycles. The first-order valence-electron chi connectivity index (χ1n) is 7.65. The normalized spacial score (nSPS) is 10.7. The van der Waals surface area contributed by atoms with E-state index in [1.54, 1.807) is 23.7 Å². The molecule has 0 saturated carbocycles. The number of nitrogens with zero attached hydrogens (tertiary/aromatic N) is 2. The Hall–Kier alpha value is -2.31. The molecule has 7 heteroatoms. The number of benzene rings is 1. The lowest BCUT2D eigenvalue weighted by Gasteiger charge is -2.07. The number of pyridine rings is 1. The van der Waals surface area contributed by atoms with Crippen LogP contribution in [-0.2, 0) is 6.42 Å². The van der Waals surface area contributed by atoms with Gasteiger partial charge in [-0.15, -0.1) is 11.3 Å². The summed E-state index contributed by atoms with van der Waals surface area (Å²) in [6.45, 7) is 2.31. The van der Waals surface area contributed by atoms with Gasteiger partial charge in [0, 0.05) is 35.8 Å². The number of halogens is 2. The molecule has 0 atom stereocenters. The van der Waals surface area contributed by atoms with Gasteiger partial charge in [-0.1, -0.05) is 17.7 Å². The summed E-state index contributed by atoms with van der Waals surface area (Å²) in [6.07, 6.45) is 4.10. The first kappa shape index (κ1) is 17.5. The van der Waals surface area contributed by atoms with E-state index in [1.165, 1.54) is 18.2 Å². The number of aryl methyl sites for hydroxylation is 1. The maximum Gasteiger partial charge on any atom is 0.255 e. The summed E-state index contributed by atoms with van der Waals surface area (Å²) in [5.41, 5.74) is 1.76. The molecule has 3 rings (SSSR count). The summed E-state index contributed by atoms with van der Waals surface area (Å²) in [5, 5.41) is 3.70. The van der Waals surface area contributed by atoms with Crippen molar-refractivity contribution < 1.29 is 9.18 Å². The van der Waals surface area contributed by atoms with Gasteiger partial charge >= 0.3 is 0 Å². The zero-order chi connectivity index (χ0) is 17.8. The van der Waals surface area contributed by atoms with E-state index in [0.29, 0.717) is 13.0 Å². The molecule has 0 saturated heterocycles. The summed E-state index contributed by atoms with van der Waals surface area (Å²) in [5.74, 6) is -1.14. The molecule has 4 nitrogen and oxygen atoms in total. The maximum atomic E-state index is 13.7. The van der Waals surface area contributed by atoms with Crippen molar-refractivity contribution in [1.82, 2.24) is 15.3 Å². The number of nitrogens with one attached hydrogen (secondary N) is 1. The lowest BCUT2D eigenvalue weighted by atomic mass is 10.2. The van der Waals surface area contributed by atoms with Crippen LogP contribution in [0.25, 0.3) is 10.6 Å². The third-order valence-corrected chi connectivity index (χ3v) is 5.21. The number of rotatable bonds is 5. The van der Waals surface area contributed by atoms with Crippen LogP contribution in [0.3, 0.4) is 0 Å². The quantitative estimate of drug-likeness (QED) is 0.724. The zero-order valence-electron chi connectivity index (χ0n) is 13.4. The van der Waals surface area contributed by atoms with Crippen molar-refractivity contribution in [3.8, 4) is 10.6 Å². The number of aromatic nitrogens is 2. The number of hydrogen-bond acceptors (Lipinski definition) is 4. The van der Waals surface area contributed by atoms with Crippen LogP contribution in [0.1, 0.15) is 20.9 Å². The Morgan fingerprint density at radius 1 is 1.32 bits per heavy atom. The number of amides is 1. The van der Waals surface area contributed by atoms with E-state index >= 15 is 0 Å². The Morgan fingerprint density at radius 2 is 2.16 bits per heavy atom. The van der Waals surface area contributed by atoms with Gasteiger partial charge in [-0.2, -0.15) is 0 Å². The van der Waals surface area contributed by atoms with Crippen LogP contribution in [0.15, 0.2) is 42.7 Å². The van der Waals surface area contributed by atoms with Crippen molar-refractivity contribution >= 4 is 28.8 Å². The minimum absolute atomic E-state index is 0.102. The minimum Gasteiger partial charge on any atom is -0.352 e. The monoisotopic (exact) mass is 375 g/mol. The molecule has 25 heavy (non-hydrogen) atoms. The molecular formula is C18H15ClFN3OS. The third kappa shape index (κ3) is 4.03. The first-order chi connectivity index (χ1) is 12.1. The summed E-state index contributed by atoms with van der Waals surface area (Å²) in [4.78, 5) is 21.8. The second-order valence-corrected chi connectivity index (χ2v) is 6.86. The Morgan fingerprint density at radius 3 is 2.88 bits per heavy atom. The average molecular weight is 376 g/mol. The van der Waals surface area contributed by atoms with E-state index in [9.17, 15) is 9.18 Å². The topological polar surface area (TPSA) is 54.9 Å². The van der Waals surface area contributed by atoms with Gasteiger partial charge in [0.1, 0.15) is 10.8 Å². The highest BCUT2D eigenvalue weighted by atomic mass is 35.5. The van der Waals surface area contributed by atoms with E-state index in [2.05, 4.69) is 15.3 Å². The standard InChI is InChI=1S/C18H15ClFN3OS/c1-11-15(25-18(23-11)12-4-3-8-21-10-12)7-9-22-17(24)16-13(19)5-2-6-14(16)20/h2-6,8,10H,7,9H2,1H3,(H,22,24). The number of thiazole rings is 1. The highest BCUT2D eigenvalue weighted by molar-refractivity contribution is 7.15. The van der Waals surface area contributed by atoms with Gasteiger partial charge < -0.3 is 5.32 Å². The van der Waals surface area contributed by atoms with Crippen molar-refractivity contribution in [1.29, 1.82) is 0 Å². The summed E-state index contributed by atoms with van der Waals surface area (Å²) >= 11 is 7.47. The smallest absolute Gasteiger partial charge is 0.255 e. The highest BCUT2D eigenvalue weighted by Crippen LogP contribution is 2.27. The lowest BCUT2D eigenvalue weighted by molar-refractivity contribution is 0.0950. The average Bonchev–Trinajstić information content (AvgIpc) is 2.96. The van der Waals surface area contributed by atoms with Gasteiger partial charge in [0.05, 0.1) is 16.3 Å². The number of hydrogen-bond donors (Lipinski definition) is 1. The highest BCUT2D eigenvalue weighted by Gasteiger charge is 2.16. The minimum atomic E-state index is -0.627. The molecule has 2 heterocycles. The van der Waals surface area contributed by atoms with Crippen molar-refractivity contribution in [3.63, 3.8) is 0 Å². The second-order valence-electron chi connectivity index (χ2n) is 5.37. The Balaban J connectivity index is 1.65. The molecular weight excluding hydrogens is 361 g/mol. The van der Waals surface area contributed by atoms with E-state index < -0.39 is 11.7 Å². The van der Waals surface area contributed by atoms with Crippen LogP contribution in [0, 0.1) is 12.7 Å². The van der Waals surface area contributed by atoms with Crippen LogP contribution in [-0.4, -0.2) is 22.4 Å². The van der Waals surface area contributed by atoms with E-state index in [0.717, 1.165) is 21.1 Å². The molecule has 128 valence electrons. The molecule has 0 spiro atoms. The van der Waals surface area contributed by atoms with Crippen LogP contribution < -0.4 is 5.32 Å². The molecule has 3 aromatic rings. The van der Waals surface area contributed by atoms with Gasteiger partial charge in [0.15, 0.2) is 0 Å². The summed E-state index contributed by atoms with van der Waals surface area (Å²) in [7, 11) is 0. The molecule has 0 unspecified atom stereocenters. The third-order valence-electron chi connectivity index (χ3n) is 3.63. The van der Waals surface area contributed by atoms with Gasteiger partial charge in [0.2, 0.25) is 0 Å². The van der Waals surface area contributed by atoms with E-state index in [4.69, 9.17) is 11.6 Å². The zero-order valence-corrected chi connectivity index (χ0v) is 15.0. The van der Waals surface area contributed by atoms with E-state index in [-0.39, 0.29) is 10.6 Å². The predicted molar refractivity (Wildman–Crippen MR) is 97.5 cm³/mol. The lowest BCUT2D eigenvalue weighted by Crippen LogP contribution is -2.26. The van der Waals surface area contributed by atoms with Crippen molar-refractivity contribution in [3.05, 3.63) is 69.7 Å². The predicted octanol–water partition coefficient (Wildman–Crippen LogP) is 4.28. The Labute approximate surface area is 153 Å². The van der Waals surface area contributed by atoms with Gasteiger partial charge in [0.25, 0.3) is 5.91 Å². The maximum absolute atomic E-state index is 13.7. The van der Waals surface area contributed by atoms with Crippen LogP contribution in [0.5, 0.6) is 0 Å². The van der Waals surface area contributed by atoms with Crippen molar-refractivity contribution in [2.45, 2.75) is 13.3 Å². The van der Waals surface area contributed by atoms with Crippen molar-refractivity contribution in [2.24, 2.45) is 0 Å². The summed E-state index contributed by atoms with van der Waals surface area (Å²) < 4.78 is 13.7. The number of carbonyl (C=O) groups is 1. The molecule has 0 bridgehead atoms. The fourth-order valence-corrected chi connectivity index (χ4v) is 3.67. The molecule has 1 aromatic carbocycles. The molecule has 0 aliphatic heterocycles. The van der Waals surface area contributed by atoms with Gasteiger partial charge in [-0.25, -0.2) is 9.37 Å². The van der Waals surface area contributed by atoms with Crippen LogP contribution in [0.4, 0.5) is 4.39 Å². The number of carbonyl (C=O) groups excluding carboxylic acids is 1. The summed E-state index contributed by atoms with van der Waals surface area (Å²) in [6, 6.07) is 8.00. The SMILES string of the molecule is Cc1nc(-c2cccnc2)sc1CCNC(=O)c1c(F)cccc1Cl. The fraction of sp³-hybridized carbons (Fsp3) is 0.167. The molecule has 0 radical (unpaired) electrons. The molecule has 1 amide bonds. The first-order valence-corrected chi connectivity index (χ1v) is 8.84. The molecule has 0 aliphatic rings. The van der Waals surface area contributed by atoms with Crippen LogP contribution in [0.2, 0.25) is 5.02 Å². The molecule has 1 N–H and O–H groups in total.